The fourth-order valence-electron chi connectivity index (χ4n) is 2.43. The average molecular weight is 337 g/mol. The van der Waals surface area contributed by atoms with Crippen molar-refractivity contribution in [2.24, 2.45) is 12.0 Å². The van der Waals surface area contributed by atoms with E-state index in [4.69, 9.17) is 4.74 Å². The number of rotatable bonds is 5. The van der Waals surface area contributed by atoms with Crippen LogP contribution in [0.4, 0.5) is 0 Å². The molecular weight excluding hydrogens is 306 g/mol. The summed E-state index contributed by atoms with van der Waals surface area (Å²) in [4.78, 5) is 15.9. The second kappa shape index (κ2) is 8.17. The van der Waals surface area contributed by atoms with E-state index in [2.05, 4.69) is 34.6 Å². The van der Waals surface area contributed by atoms with Gasteiger partial charge in [-0.3, -0.25) is 14.5 Å². The molecule has 1 unspecified atom stereocenters. The molecule has 1 heterocycles. The number of hydrogen-bond acceptors (Lipinski definition) is 4. The lowest BCUT2D eigenvalue weighted by Gasteiger charge is -2.21. The van der Waals surface area contributed by atoms with Gasteiger partial charge in [0, 0.05) is 25.8 Å². The molecule has 0 spiro atoms. The van der Waals surface area contributed by atoms with E-state index < -0.39 is 5.60 Å². The minimum Gasteiger partial charge on any atom is -0.459 e. The second-order valence-corrected chi connectivity index (χ2v) is 7.03. The van der Waals surface area contributed by atoms with Crippen molar-refractivity contribution in [2.75, 3.05) is 13.6 Å². The Morgan fingerprint density at radius 3 is 2.46 bits per heavy atom. The summed E-state index contributed by atoms with van der Waals surface area (Å²) in [6, 6.07) is 0.149. The molecule has 0 aliphatic carbocycles. The van der Waals surface area contributed by atoms with Gasteiger partial charge < -0.3 is 15.4 Å². The Kier molecular flexibility index (Phi) is 6.81. The van der Waals surface area contributed by atoms with Gasteiger partial charge in [-0.25, -0.2) is 0 Å². The zero-order valence-electron chi connectivity index (χ0n) is 16.1. The largest absolute Gasteiger partial charge is 0.459 e. The number of nitrogens with zero attached hydrogens (tertiary/aromatic N) is 3. The highest BCUT2D eigenvalue weighted by Gasteiger charge is 2.17. The Labute approximate surface area is 144 Å². The van der Waals surface area contributed by atoms with Crippen molar-refractivity contribution in [3.8, 4) is 0 Å². The molecule has 136 valence electrons. The first-order valence-electron chi connectivity index (χ1n) is 8.21. The average Bonchev–Trinajstić information content (AvgIpc) is 2.68. The molecule has 0 radical (unpaired) electrons. The van der Waals surface area contributed by atoms with E-state index >= 15 is 0 Å². The molecule has 1 aromatic heterocycles. The van der Waals surface area contributed by atoms with E-state index in [9.17, 15) is 4.79 Å². The summed E-state index contributed by atoms with van der Waals surface area (Å²) in [5.74, 6) is 0.268. The van der Waals surface area contributed by atoms with Gasteiger partial charge in [-0.2, -0.15) is 5.10 Å². The highest BCUT2D eigenvalue weighted by molar-refractivity contribution is 5.84. The molecule has 0 aliphatic heterocycles. The summed E-state index contributed by atoms with van der Waals surface area (Å²) in [5, 5.41) is 10.7. The van der Waals surface area contributed by atoms with Crippen LogP contribution in [0.2, 0.25) is 0 Å². The van der Waals surface area contributed by atoms with Gasteiger partial charge in [0.05, 0.1) is 5.69 Å². The summed E-state index contributed by atoms with van der Waals surface area (Å²) in [7, 11) is 3.63. The van der Waals surface area contributed by atoms with Gasteiger partial charge in [0.1, 0.15) is 12.1 Å². The lowest BCUT2D eigenvalue weighted by atomic mass is 10.1. The topological polar surface area (TPSA) is 80.5 Å². The zero-order chi connectivity index (χ0) is 18.5. The van der Waals surface area contributed by atoms with Crippen molar-refractivity contribution in [1.29, 1.82) is 0 Å². The van der Waals surface area contributed by atoms with Crippen LogP contribution in [0.3, 0.4) is 0 Å². The third kappa shape index (κ3) is 6.22. The molecule has 1 rings (SSSR count). The molecule has 1 atom stereocenters. The predicted octanol–water partition coefficient (Wildman–Crippen LogP) is 1.47. The van der Waals surface area contributed by atoms with Gasteiger partial charge in [-0.1, -0.05) is 0 Å². The van der Waals surface area contributed by atoms with E-state index in [1.54, 1.807) is 7.05 Å². The Hall–Kier alpha value is -2.05. The van der Waals surface area contributed by atoms with Gasteiger partial charge in [0.15, 0.2) is 5.96 Å². The Bertz CT molecular complexity index is 599. The molecule has 0 aromatic carbocycles. The van der Waals surface area contributed by atoms with Gasteiger partial charge >= 0.3 is 5.97 Å². The molecule has 7 nitrogen and oxygen atoms in total. The Morgan fingerprint density at radius 1 is 1.38 bits per heavy atom. The fourth-order valence-corrected chi connectivity index (χ4v) is 2.43. The molecular formula is C17H31N5O2. The molecule has 0 fully saturated rings. The number of guanidine groups is 1. The van der Waals surface area contributed by atoms with Crippen molar-refractivity contribution in [2.45, 2.75) is 59.6 Å². The van der Waals surface area contributed by atoms with Gasteiger partial charge in [-0.15, -0.1) is 0 Å². The van der Waals surface area contributed by atoms with E-state index in [-0.39, 0.29) is 18.6 Å². The number of hydrogen-bond donors (Lipinski definition) is 2. The quantitative estimate of drug-likeness (QED) is 0.483. The molecule has 0 saturated heterocycles. The number of nitrogens with one attached hydrogen (secondary N) is 2. The number of carbonyl (C=O) groups excluding carboxylic acids is 1. The van der Waals surface area contributed by atoms with Crippen molar-refractivity contribution < 1.29 is 9.53 Å². The summed E-state index contributed by atoms with van der Waals surface area (Å²) in [6.45, 7) is 11.8. The van der Waals surface area contributed by atoms with Crippen LogP contribution in [0.5, 0.6) is 0 Å². The Balaban J connectivity index is 2.55. The number of ether oxygens (including phenoxy) is 1. The van der Waals surface area contributed by atoms with Crippen molar-refractivity contribution in [3.63, 3.8) is 0 Å². The second-order valence-electron chi connectivity index (χ2n) is 7.03. The lowest BCUT2D eigenvalue weighted by Crippen LogP contribution is -2.45. The van der Waals surface area contributed by atoms with Gasteiger partial charge in [0.25, 0.3) is 0 Å². The van der Waals surface area contributed by atoms with Crippen LogP contribution in [0.15, 0.2) is 4.99 Å². The first-order valence-corrected chi connectivity index (χ1v) is 8.21. The number of aliphatic imine (C=N–C) groups is 1. The van der Waals surface area contributed by atoms with Crippen LogP contribution in [0, 0.1) is 13.8 Å². The molecule has 1 aromatic rings. The molecule has 7 heteroatoms. The highest BCUT2D eigenvalue weighted by atomic mass is 16.6. The summed E-state index contributed by atoms with van der Waals surface area (Å²) in [5.41, 5.74) is 2.96. The zero-order valence-corrected chi connectivity index (χ0v) is 16.1. The summed E-state index contributed by atoms with van der Waals surface area (Å²) >= 11 is 0. The summed E-state index contributed by atoms with van der Waals surface area (Å²) < 4.78 is 7.17. The van der Waals surface area contributed by atoms with Crippen LogP contribution in [-0.4, -0.2) is 46.9 Å². The minimum atomic E-state index is -0.488. The monoisotopic (exact) mass is 337 g/mol. The van der Waals surface area contributed by atoms with Crippen molar-refractivity contribution >= 4 is 11.9 Å². The molecule has 0 bridgehead atoms. The van der Waals surface area contributed by atoms with Crippen LogP contribution in [0.1, 0.15) is 44.6 Å². The van der Waals surface area contributed by atoms with E-state index in [1.807, 2.05) is 39.4 Å². The van der Waals surface area contributed by atoms with E-state index in [0.29, 0.717) is 5.96 Å². The van der Waals surface area contributed by atoms with Crippen LogP contribution < -0.4 is 10.6 Å². The van der Waals surface area contributed by atoms with Crippen LogP contribution in [-0.2, 0) is 23.0 Å². The fraction of sp³-hybridized carbons (Fsp3) is 0.706. The maximum atomic E-state index is 11.8. The third-order valence-electron chi connectivity index (χ3n) is 3.60. The third-order valence-corrected chi connectivity index (χ3v) is 3.60. The highest BCUT2D eigenvalue weighted by Crippen LogP contribution is 2.14. The number of carbonyl (C=O) groups is 1. The lowest BCUT2D eigenvalue weighted by molar-refractivity contribution is -0.153. The maximum absolute atomic E-state index is 11.8. The number of esters is 1. The number of aromatic nitrogens is 2. The predicted molar refractivity (Wildman–Crippen MR) is 96.2 cm³/mol. The van der Waals surface area contributed by atoms with Crippen LogP contribution in [0.25, 0.3) is 0 Å². The molecule has 2 N–H and O–H groups in total. The molecule has 0 aliphatic rings. The molecule has 24 heavy (non-hydrogen) atoms. The van der Waals surface area contributed by atoms with Crippen LogP contribution >= 0.6 is 0 Å². The SMILES string of the molecule is CN=C(NCC(=O)OC(C)(C)C)NC(C)Cc1c(C)nn(C)c1C. The smallest absolute Gasteiger partial charge is 0.325 e. The minimum absolute atomic E-state index is 0.0780. The molecule has 0 amide bonds. The maximum Gasteiger partial charge on any atom is 0.325 e. The molecule has 0 saturated carbocycles. The summed E-state index contributed by atoms with van der Waals surface area (Å²) in [6.07, 6.45) is 0.832. The van der Waals surface area contributed by atoms with E-state index in [1.165, 1.54) is 5.56 Å². The standard InChI is InChI=1S/C17H31N5O2/c1-11(9-14-12(2)21-22(8)13(14)3)20-16(18-7)19-10-15(23)24-17(4,5)6/h11H,9-10H2,1-8H3,(H2,18,19,20). The Morgan fingerprint density at radius 2 is 2.00 bits per heavy atom. The van der Waals surface area contributed by atoms with Crippen molar-refractivity contribution in [1.82, 2.24) is 20.4 Å². The number of aryl methyl sites for hydroxylation is 2. The van der Waals surface area contributed by atoms with Gasteiger partial charge in [-0.05, 0) is 53.5 Å². The first kappa shape index (κ1) is 20.0. The van der Waals surface area contributed by atoms with Gasteiger partial charge in [0.2, 0.25) is 0 Å². The van der Waals surface area contributed by atoms with Crippen molar-refractivity contribution in [3.05, 3.63) is 17.0 Å². The first-order chi connectivity index (χ1) is 11.0. The van der Waals surface area contributed by atoms with E-state index in [0.717, 1.165) is 17.8 Å². The normalized spacial score (nSPS) is 13.6.